The summed E-state index contributed by atoms with van der Waals surface area (Å²) in [5.74, 6) is 0. The van der Waals surface area contributed by atoms with Gasteiger partial charge in [0.05, 0.1) is 0 Å². The number of hydrogen-bond acceptors (Lipinski definition) is 0. The van der Waals surface area contributed by atoms with Gasteiger partial charge in [0.1, 0.15) is 0 Å². The van der Waals surface area contributed by atoms with Gasteiger partial charge in [0, 0.05) is 16.5 Å². The molecule has 5 heavy (non-hydrogen) atoms. The number of halogens is 4. The van der Waals surface area contributed by atoms with Crippen LogP contribution in [0, 0.1) is 0 Å². The van der Waals surface area contributed by atoms with Crippen molar-refractivity contribution in [3.8, 4) is 0 Å². The number of hydrogen-bond donors (Lipinski definition) is 0. The van der Waals surface area contributed by atoms with Crippen molar-refractivity contribution in [1.82, 2.24) is 0 Å². The molecule has 0 saturated heterocycles. The molecule has 0 saturated carbocycles. The fourth-order valence-electron chi connectivity index (χ4n) is 0. The maximum Gasteiger partial charge on any atom is 0 e. The molecule has 0 fully saturated rings. The van der Waals surface area contributed by atoms with Crippen LogP contribution >= 0.6 is 0 Å². The van der Waals surface area contributed by atoms with Crippen LogP contribution in [0.25, 0.3) is 0 Å². The van der Waals surface area contributed by atoms with E-state index in [0.29, 0.717) is 0 Å². The predicted octanol–water partition coefficient (Wildman–Crippen LogP) is -12.0. The summed E-state index contributed by atoms with van der Waals surface area (Å²) in [6.45, 7) is 0. The molecule has 0 aromatic rings. The topological polar surface area (TPSA) is 0 Å². The minimum atomic E-state index is 0. The van der Waals surface area contributed by atoms with Crippen molar-refractivity contribution in [3.05, 3.63) is 0 Å². The normalized spacial score (nSPS) is 0. The molecule has 0 aromatic heterocycles. The summed E-state index contributed by atoms with van der Waals surface area (Å²) < 4.78 is 0. The van der Waals surface area contributed by atoms with Crippen molar-refractivity contribution in [2.24, 2.45) is 0 Å². The quantitative estimate of drug-likeness (QED) is 0.341. The molecule has 0 unspecified atom stereocenters. The van der Waals surface area contributed by atoms with E-state index in [9.17, 15) is 0 Å². The second kappa shape index (κ2) is 44.8. The van der Waals surface area contributed by atoms with E-state index in [2.05, 4.69) is 0 Å². The zero-order valence-corrected chi connectivity index (χ0v) is 5.84. The Balaban J connectivity index is 0. The zero-order valence-electron chi connectivity index (χ0n) is 1.83. The van der Waals surface area contributed by atoms with Gasteiger partial charge >= 0.3 is 0 Å². The monoisotopic (exact) mass is 198 g/mol. The summed E-state index contributed by atoms with van der Waals surface area (Å²) >= 11 is 0. The summed E-state index contributed by atoms with van der Waals surface area (Å²) in [6.07, 6.45) is 0. The first kappa shape index (κ1) is 77.8. The smallest absolute Gasteiger partial charge is 0 e. The van der Waals surface area contributed by atoms with Gasteiger partial charge in [0.2, 0.25) is 0 Å². The van der Waals surface area contributed by atoms with Crippen LogP contribution in [-0.4, -0.2) is 0 Å². The Kier molecular flexibility index (Phi) is 697. The largest absolute Gasteiger partial charge is 1.00 e. The molecule has 0 aliphatic rings. The summed E-state index contributed by atoms with van der Waals surface area (Å²) in [6, 6.07) is 0. The van der Waals surface area contributed by atoms with Crippen molar-refractivity contribution in [3.63, 3.8) is 0 Å². The molecule has 0 aliphatic heterocycles. The fourth-order valence-corrected chi connectivity index (χ4v) is 0. The summed E-state index contributed by atoms with van der Waals surface area (Å²) in [7, 11) is 0. The van der Waals surface area contributed by atoms with Crippen LogP contribution in [0.3, 0.4) is 0 Å². The van der Waals surface area contributed by atoms with E-state index in [0.717, 1.165) is 0 Å². The van der Waals surface area contributed by atoms with Gasteiger partial charge in [0.25, 0.3) is 0 Å². The Bertz CT molecular complexity index is 3.61. The summed E-state index contributed by atoms with van der Waals surface area (Å²) in [5.41, 5.74) is 0. The second-order valence-electron chi connectivity index (χ2n) is 0. The summed E-state index contributed by atoms with van der Waals surface area (Å²) in [5, 5.41) is 0. The Morgan fingerprint density at radius 2 is 0.400 bits per heavy atom. The molecular formula is Cl4Ni-4. The standard InChI is InChI=1S/4ClH.Ni/h4*1H;/p-4. The molecule has 5 heteroatoms. The Morgan fingerprint density at radius 3 is 0.400 bits per heavy atom. The Labute approximate surface area is 66.0 Å². The minimum absolute atomic E-state index is 0. The van der Waals surface area contributed by atoms with E-state index in [1.54, 1.807) is 0 Å². The van der Waals surface area contributed by atoms with Gasteiger partial charge in [-0.1, -0.05) is 0 Å². The Hall–Kier alpha value is 1.65. The molecule has 42 valence electrons. The van der Waals surface area contributed by atoms with Gasteiger partial charge in [-0.2, -0.15) is 0 Å². The van der Waals surface area contributed by atoms with E-state index in [1.165, 1.54) is 0 Å². The van der Waals surface area contributed by atoms with Gasteiger partial charge in [-0.15, -0.1) is 0 Å². The first-order valence-electron chi connectivity index (χ1n) is 0. The molecule has 0 heterocycles. The van der Waals surface area contributed by atoms with Crippen LogP contribution in [0.4, 0.5) is 0 Å². The third-order valence-electron chi connectivity index (χ3n) is 0. The van der Waals surface area contributed by atoms with Gasteiger partial charge in [-0.3, -0.25) is 0 Å². The third-order valence-corrected chi connectivity index (χ3v) is 0. The van der Waals surface area contributed by atoms with Gasteiger partial charge < -0.3 is 49.6 Å². The van der Waals surface area contributed by atoms with Gasteiger partial charge in [-0.25, -0.2) is 0 Å². The van der Waals surface area contributed by atoms with E-state index in [4.69, 9.17) is 0 Å². The van der Waals surface area contributed by atoms with Crippen LogP contribution in [0.5, 0.6) is 0 Å². The third kappa shape index (κ3) is 27.6. The van der Waals surface area contributed by atoms with Crippen LogP contribution in [0.1, 0.15) is 0 Å². The molecule has 0 atom stereocenters. The summed E-state index contributed by atoms with van der Waals surface area (Å²) in [4.78, 5) is 0. The average molecular weight is 201 g/mol. The van der Waals surface area contributed by atoms with Crippen molar-refractivity contribution < 1.29 is 66.1 Å². The SMILES string of the molecule is [Cl-].[Cl-].[Cl-].[Cl-].[Ni]. The van der Waals surface area contributed by atoms with Crippen molar-refractivity contribution in [2.45, 2.75) is 0 Å². The molecule has 0 rings (SSSR count). The molecule has 0 N–H and O–H groups in total. The predicted molar refractivity (Wildman–Crippen MR) is 0 cm³/mol. The van der Waals surface area contributed by atoms with Crippen molar-refractivity contribution in [1.29, 1.82) is 0 Å². The van der Waals surface area contributed by atoms with Crippen LogP contribution in [-0.2, 0) is 16.5 Å². The molecule has 0 aliphatic carbocycles. The first-order valence-corrected chi connectivity index (χ1v) is 0. The minimum Gasteiger partial charge on any atom is -1.00 e. The van der Waals surface area contributed by atoms with Crippen LogP contribution in [0.15, 0.2) is 0 Å². The van der Waals surface area contributed by atoms with Crippen molar-refractivity contribution in [2.75, 3.05) is 0 Å². The molecular weight excluding hydrogens is 201 g/mol. The molecule has 0 bridgehead atoms. The maximum atomic E-state index is 0. The van der Waals surface area contributed by atoms with Crippen molar-refractivity contribution >= 4 is 0 Å². The van der Waals surface area contributed by atoms with E-state index in [1.807, 2.05) is 0 Å². The van der Waals surface area contributed by atoms with Crippen LogP contribution < -0.4 is 49.6 Å². The molecule has 0 spiro atoms. The molecule has 0 aromatic carbocycles. The molecule has 0 amide bonds. The Morgan fingerprint density at radius 1 is 0.400 bits per heavy atom. The molecule has 0 nitrogen and oxygen atoms in total. The van der Waals surface area contributed by atoms with Gasteiger partial charge in [-0.05, 0) is 0 Å². The zero-order chi connectivity index (χ0) is 0. The van der Waals surface area contributed by atoms with E-state index >= 15 is 0 Å². The first-order chi connectivity index (χ1) is 0. The van der Waals surface area contributed by atoms with Crippen LogP contribution in [0.2, 0.25) is 0 Å². The fraction of sp³-hybridized carbons (Fsp3) is 0. The number of rotatable bonds is 0. The molecule has 0 radical (unpaired) electrons. The van der Waals surface area contributed by atoms with E-state index < -0.39 is 0 Å². The van der Waals surface area contributed by atoms with Gasteiger partial charge in [0.15, 0.2) is 0 Å². The average Bonchev–Trinajstić information content (AvgIpc) is 0. The van der Waals surface area contributed by atoms with E-state index in [-0.39, 0.29) is 66.1 Å². The maximum absolute atomic E-state index is 0. The second-order valence-corrected chi connectivity index (χ2v) is 0.